The molecule has 0 bridgehead atoms. The van der Waals surface area contributed by atoms with Gasteiger partial charge in [0.2, 0.25) is 5.88 Å². The highest BCUT2D eigenvalue weighted by Gasteiger charge is 2.24. The van der Waals surface area contributed by atoms with Gasteiger partial charge in [0.15, 0.2) is 0 Å². The van der Waals surface area contributed by atoms with E-state index >= 15 is 0 Å². The number of aromatic amines is 1. The predicted molar refractivity (Wildman–Crippen MR) is 154 cm³/mol. The van der Waals surface area contributed by atoms with E-state index in [1.807, 2.05) is 78.9 Å². The molecule has 0 unspecified atom stereocenters. The van der Waals surface area contributed by atoms with Crippen LogP contribution in [0.3, 0.4) is 0 Å². The number of carboxylic acids is 1. The number of benzene rings is 4. The Morgan fingerprint density at radius 1 is 0.854 bits per heavy atom. The third-order valence-electron chi connectivity index (χ3n) is 6.93. The molecule has 9 nitrogen and oxygen atoms in total. The van der Waals surface area contributed by atoms with Crippen molar-refractivity contribution in [3.63, 3.8) is 0 Å². The number of para-hydroxylation sites is 2. The van der Waals surface area contributed by atoms with Crippen molar-refractivity contribution in [3.8, 4) is 28.6 Å². The zero-order chi connectivity index (χ0) is 28.3. The first-order chi connectivity index (χ1) is 20.0. The average molecular weight is 548 g/mol. The summed E-state index contributed by atoms with van der Waals surface area (Å²) in [6.45, 7) is 0.400. The molecule has 2 heterocycles. The summed E-state index contributed by atoms with van der Waals surface area (Å²) >= 11 is 0. The zero-order valence-corrected chi connectivity index (χ0v) is 21.8. The molecule has 0 spiro atoms. The SMILES string of the molecule is O=C(O)Oc1[nH]c2c(-c3c(C(=O)O)cnn3-c3ccccc3)cccc2c1CCCOc1cccc2ccccc12. The van der Waals surface area contributed by atoms with Gasteiger partial charge in [-0.25, -0.2) is 14.3 Å². The second-order valence-corrected chi connectivity index (χ2v) is 9.42. The molecule has 0 aliphatic heterocycles. The predicted octanol–water partition coefficient (Wildman–Crippen LogP) is 6.94. The minimum absolute atomic E-state index is 0.0155. The Hall–Kier alpha value is -5.57. The summed E-state index contributed by atoms with van der Waals surface area (Å²) in [4.78, 5) is 26.9. The molecule has 2 aromatic heterocycles. The van der Waals surface area contributed by atoms with E-state index in [0.717, 1.165) is 21.9 Å². The number of nitrogens with zero attached hydrogens (tertiary/aromatic N) is 2. The Morgan fingerprint density at radius 3 is 2.39 bits per heavy atom. The van der Waals surface area contributed by atoms with Gasteiger partial charge in [-0.05, 0) is 36.4 Å². The van der Waals surface area contributed by atoms with E-state index in [2.05, 4.69) is 10.1 Å². The molecule has 0 atom stereocenters. The topological polar surface area (TPSA) is 127 Å². The number of carbonyl (C=O) groups is 2. The fourth-order valence-electron chi connectivity index (χ4n) is 5.15. The van der Waals surface area contributed by atoms with Crippen molar-refractivity contribution < 1.29 is 29.3 Å². The standard InChI is InChI=1S/C32H25N3O6/c36-31(37)26-19-33-35(21-11-2-1-3-12-21)29(26)25-15-7-14-23-24(30(34-28(23)25)41-32(38)39)16-8-18-40-27-17-6-10-20-9-4-5-13-22(20)27/h1-7,9-15,17,19,34H,8,16,18H2,(H,36,37)(H,38,39). The van der Waals surface area contributed by atoms with Crippen LogP contribution in [-0.4, -0.2) is 43.7 Å². The molecule has 4 aromatic carbocycles. The van der Waals surface area contributed by atoms with Gasteiger partial charge in [-0.15, -0.1) is 0 Å². The minimum Gasteiger partial charge on any atom is -0.493 e. The van der Waals surface area contributed by atoms with E-state index in [4.69, 9.17) is 9.47 Å². The van der Waals surface area contributed by atoms with Crippen molar-refractivity contribution in [2.75, 3.05) is 6.61 Å². The molecule has 0 saturated carbocycles. The van der Waals surface area contributed by atoms with Crippen molar-refractivity contribution in [3.05, 3.63) is 108 Å². The first-order valence-electron chi connectivity index (χ1n) is 13.0. The number of hydrogen-bond acceptors (Lipinski definition) is 5. The lowest BCUT2D eigenvalue weighted by molar-refractivity contribution is 0.0697. The van der Waals surface area contributed by atoms with Crippen molar-refractivity contribution >= 4 is 33.8 Å². The number of ether oxygens (including phenoxy) is 2. The van der Waals surface area contributed by atoms with Gasteiger partial charge in [0.25, 0.3) is 0 Å². The molecule has 41 heavy (non-hydrogen) atoms. The summed E-state index contributed by atoms with van der Waals surface area (Å²) in [5, 5.41) is 26.6. The summed E-state index contributed by atoms with van der Waals surface area (Å²) in [7, 11) is 0. The Labute approximate surface area is 234 Å². The van der Waals surface area contributed by atoms with E-state index in [1.54, 1.807) is 16.8 Å². The number of aromatic nitrogens is 3. The fourth-order valence-corrected chi connectivity index (χ4v) is 5.15. The molecular weight excluding hydrogens is 522 g/mol. The smallest absolute Gasteiger partial charge is 0.493 e. The van der Waals surface area contributed by atoms with Gasteiger partial charge in [0, 0.05) is 21.9 Å². The van der Waals surface area contributed by atoms with Crippen LogP contribution in [0.15, 0.2) is 97.2 Å². The van der Waals surface area contributed by atoms with Gasteiger partial charge >= 0.3 is 12.1 Å². The lowest BCUT2D eigenvalue weighted by atomic mass is 10.0. The first kappa shape index (κ1) is 25.7. The average Bonchev–Trinajstić information content (AvgIpc) is 3.57. The molecule has 6 rings (SSSR count). The maximum absolute atomic E-state index is 12.2. The molecule has 0 aliphatic carbocycles. The van der Waals surface area contributed by atoms with E-state index in [1.165, 1.54) is 6.20 Å². The monoisotopic (exact) mass is 547 g/mol. The third kappa shape index (κ3) is 4.96. The van der Waals surface area contributed by atoms with Crippen molar-refractivity contribution in [2.24, 2.45) is 0 Å². The number of hydrogen-bond donors (Lipinski definition) is 3. The number of rotatable bonds is 9. The molecule has 0 radical (unpaired) electrons. The van der Waals surface area contributed by atoms with Crippen LogP contribution in [0.2, 0.25) is 0 Å². The molecule has 0 amide bonds. The quantitative estimate of drug-likeness (QED) is 0.132. The minimum atomic E-state index is -1.45. The maximum atomic E-state index is 12.2. The second-order valence-electron chi connectivity index (χ2n) is 9.42. The number of aromatic carboxylic acids is 1. The van der Waals surface area contributed by atoms with Gasteiger partial charge < -0.3 is 24.7 Å². The lowest BCUT2D eigenvalue weighted by Gasteiger charge is -2.10. The number of fused-ring (bicyclic) bond motifs is 2. The fraction of sp³-hybridized carbons (Fsp3) is 0.0938. The number of aryl methyl sites for hydroxylation is 1. The van der Waals surface area contributed by atoms with Crippen LogP contribution in [0.25, 0.3) is 38.6 Å². The number of carboxylic acid groups (broad SMARTS) is 2. The summed E-state index contributed by atoms with van der Waals surface area (Å²) in [5.41, 5.74) is 2.83. The summed E-state index contributed by atoms with van der Waals surface area (Å²) in [5.74, 6) is -0.256. The molecule has 9 heteroatoms. The van der Waals surface area contributed by atoms with E-state index in [9.17, 15) is 19.8 Å². The third-order valence-corrected chi connectivity index (χ3v) is 6.93. The summed E-state index contributed by atoms with van der Waals surface area (Å²) < 4.78 is 12.8. The number of nitrogens with one attached hydrogen (secondary N) is 1. The molecule has 0 saturated heterocycles. The van der Waals surface area contributed by atoms with Gasteiger partial charge in [-0.2, -0.15) is 5.10 Å². The van der Waals surface area contributed by atoms with Gasteiger partial charge in [-0.1, -0.05) is 72.8 Å². The number of H-pyrrole nitrogens is 1. The van der Waals surface area contributed by atoms with Crippen molar-refractivity contribution in [1.29, 1.82) is 0 Å². The zero-order valence-electron chi connectivity index (χ0n) is 21.8. The van der Waals surface area contributed by atoms with Crippen molar-refractivity contribution in [1.82, 2.24) is 14.8 Å². The van der Waals surface area contributed by atoms with Gasteiger partial charge in [-0.3, -0.25) is 0 Å². The van der Waals surface area contributed by atoms with Crippen LogP contribution in [0, 0.1) is 0 Å². The van der Waals surface area contributed by atoms with Crippen LogP contribution in [0.4, 0.5) is 4.79 Å². The van der Waals surface area contributed by atoms with Crippen LogP contribution < -0.4 is 9.47 Å². The van der Waals surface area contributed by atoms with E-state index in [-0.39, 0.29) is 11.4 Å². The Bertz CT molecular complexity index is 1890. The Morgan fingerprint density at radius 2 is 1.59 bits per heavy atom. The summed E-state index contributed by atoms with van der Waals surface area (Å²) in [6, 6.07) is 28.5. The highest BCUT2D eigenvalue weighted by Crippen LogP contribution is 2.38. The first-order valence-corrected chi connectivity index (χ1v) is 13.0. The molecular formula is C32H25N3O6. The molecule has 3 N–H and O–H groups in total. The normalized spacial score (nSPS) is 11.1. The van der Waals surface area contributed by atoms with Crippen LogP contribution in [0.5, 0.6) is 11.6 Å². The summed E-state index contributed by atoms with van der Waals surface area (Å²) in [6.07, 6.45) is 0.901. The maximum Gasteiger partial charge on any atom is 0.512 e. The molecule has 0 fully saturated rings. The van der Waals surface area contributed by atoms with Crippen LogP contribution >= 0.6 is 0 Å². The van der Waals surface area contributed by atoms with Crippen molar-refractivity contribution in [2.45, 2.75) is 12.8 Å². The van der Waals surface area contributed by atoms with Crippen LogP contribution in [0.1, 0.15) is 22.3 Å². The Kier molecular flexibility index (Phi) is 6.83. The highest BCUT2D eigenvalue weighted by atomic mass is 16.7. The lowest BCUT2D eigenvalue weighted by Crippen LogP contribution is -2.06. The van der Waals surface area contributed by atoms with Gasteiger partial charge in [0.1, 0.15) is 11.3 Å². The highest BCUT2D eigenvalue weighted by molar-refractivity contribution is 6.03. The molecule has 204 valence electrons. The molecule has 0 aliphatic rings. The largest absolute Gasteiger partial charge is 0.512 e. The Balaban J connectivity index is 1.36. The molecule has 6 aromatic rings. The van der Waals surface area contributed by atoms with E-state index < -0.39 is 12.1 Å². The van der Waals surface area contributed by atoms with Gasteiger partial charge in [0.05, 0.1) is 29.7 Å². The second kappa shape index (κ2) is 10.9. The van der Waals surface area contributed by atoms with E-state index in [0.29, 0.717) is 47.5 Å². The van der Waals surface area contributed by atoms with Crippen LogP contribution in [-0.2, 0) is 6.42 Å².